The van der Waals surface area contributed by atoms with Crippen LogP contribution in [0.25, 0.3) is 22.4 Å². The van der Waals surface area contributed by atoms with Crippen molar-refractivity contribution in [2.24, 2.45) is 0 Å². The van der Waals surface area contributed by atoms with Gasteiger partial charge in [0, 0.05) is 11.3 Å². The van der Waals surface area contributed by atoms with Gasteiger partial charge < -0.3 is 9.47 Å². The van der Waals surface area contributed by atoms with Gasteiger partial charge >= 0.3 is 6.18 Å². The fourth-order valence-corrected chi connectivity index (χ4v) is 3.52. The molecule has 0 fully saturated rings. The number of hydrogen-bond donors (Lipinski definition) is 0. The van der Waals surface area contributed by atoms with Crippen LogP contribution in [0.15, 0.2) is 24.5 Å². The summed E-state index contributed by atoms with van der Waals surface area (Å²) >= 11 is 0. The normalized spacial score (nSPS) is 13.1. The lowest BCUT2D eigenvalue weighted by atomic mass is 10.0. The maximum atomic E-state index is 13.1. The van der Waals surface area contributed by atoms with Crippen molar-refractivity contribution in [3.05, 3.63) is 35.7 Å². The number of aryl methyl sites for hydroxylation is 1. The van der Waals surface area contributed by atoms with Crippen LogP contribution in [0.2, 0.25) is 0 Å². The van der Waals surface area contributed by atoms with E-state index in [0.717, 1.165) is 17.9 Å². The van der Waals surface area contributed by atoms with Gasteiger partial charge in [0.05, 0.1) is 37.4 Å². The van der Waals surface area contributed by atoms with Gasteiger partial charge in [0.15, 0.2) is 0 Å². The molecule has 0 N–H and O–H groups in total. The van der Waals surface area contributed by atoms with E-state index in [9.17, 15) is 13.2 Å². The number of halogens is 3. The van der Waals surface area contributed by atoms with Crippen molar-refractivity contribution in [3.63, 3.8) is 0 Å². The van der Waals surface area contributed by atoms with Gasteiger partial charge in [0.1, 0.15) is 18.0 Å². The SMILES string of the molecule is COc1cc(C(F)(F)F)cc(C)c1-c1cnc2cn(COCCS(C)(C)C)nc2n1. The van der Waals surface area contributed by atoms with E-state index >= 15 is 0 Å². The minimum Gasteiger partial charge on any atom is -0.496 e. The lowest BCUT2D eigenvalue weighted by molar-refractivity contribution is -0.137. The minimum atomic E-state index is -4.46. The molecule has 1 aromatic carbocycles. The third-order valence-electron chi connectivity index (χ3n) is 4.44. The fourth-order valence-electron chi connectivity index (χ4n) is 2.91. The van der Waals surface area contributed by atoms with Crippen molar-refractivity contribution in [1.29, 1.82) is 0 Å². The van der Waals surface area contributed by atoms with E-state index in [1.165, 1.54) is 13.3 Å². The van der Waals surface area contributed by atoms with E-state index in [0.29, 0.717) is 34.6 Å². The van der Waals surface area contributed by atoms with Crippen LogP contribution in [0.4, 0.5) is 13.2 Å². The van der Waals surface area contributed by atoms with Crippen LogP contribution >= 0.6 is 10.0 Å². The molecule has 0 aliphatic rings. The zero-order valence-electron chi connectivity index (χ0n) is 17.6. The Hall–Kier alpha value is -2.33. The van der Waals surface area contributed by atoms with Crippen LogP contribution in [-0.2, 0) is 17.6 Å². The second kappa shape index (κ2) is 8.43. The summed E-state index contributed by atoms with van der Waals surface area (Å²) in [6, 6.07) is 2.05. The first-order valence-corrected chi connectivity index (χ1v) is 12.2. The van der Waals surface area contributed by atoms with Gasteiger partial charge in [-0.1, -0.05) is 0 Å². The number of benzene rings is 1. The Morgan fingerprint density at radius 2 is 1.90 bits per heavy atom. The lowest BCUT2D eigenvalue weighted by Gasteiger charge is -2.24. The summed E-state index contributed by atoms with van der Waals surface area (Å²) in [5.74, 6) is 1.09. The first-order valence-electron chi connectivity index (χ1n) is 9.18. The molecule has 0 spiro atoms. The number of hydrogen-bond acceptors (Lipinski definition) is 5. The van der Waals surface area contributed by atoms with Crippen LogP contribution < -0.4 is 4.74 Å². The number of methoxy groups -OCH3 is 1. The summed E-state index contributed by atoms with van der Waals surface area (Å²) in [7, 11) is 0.705. The van der Waals surface area contributed by atoms with Crippen molar-refractivity contribution in [2.45, 2.75) is 19.8 Å². The van der Waals surface area contributed by atoms with E-state index in [1.807, 2.05) is 0 Å². The van der Waals surface area contributed by atoms with Crippen LogP contribution in [0.5, 0.6) is 5.75 Å². The van der Waals surface area contributed by atoms with Crippen molar-refractivity contribution >= 4 is 21.2 Å². The quantitative estimate of drug-likeness (QED) is 0.505. The maximum absolute atomic E-state index is 13.1. The maximum Gasteiger partial charge on any atom is 0.416 e. The third-order valence-corrected chi connectivity index (χ3v) is 5.83. The molecule has 3 rings (SSSR count). The first kappa shape index (κ1) is 22.4. The summed E-state index contributed by atoms with van der Waals surface area (Å²) in [5.41, 5.74) is 1.44. The average Bonchev–Trinajstić information content (AvgIpc) is 3.05. The number of nitrogens with zero attached hydrogens (tertiary/aromatic N) is 4. The van der Waals surface area contributed by atoms with Gasteiger partial charge in [-0.15, -0.1) is 5.10 Å². The van der Waals surface area contributed by atoms with Crippen LogP contribution in [0, 0.1) is 6.92 Å². The molecule has 0 aliphatic heterocycles. The molecule has 0 radical (unpaired) electrons. The summed E-state index contributed by atoms with van der Waals surface area (Å²) in [4.78, 5) is 8.85. The second-order valence-corrected chi connectivity index (χ2v) is 12.4. The Bertz CT molecular complexity index is 1040. The molecule has 0 amide bonds. The molecule has 0 atom stereocenters. The molecule has 6 nitrogen and oxygen atoms in total. The Balaban J connectivity index is 1.87. The van der Waals surface area contributed by atoms with E-state index in [2.05, 4.69) is 33.8 Å². The van der Waals surface area contributed by atoms with Crippen molar-refractivity contribution < 1.29 is 22.6 Å². The third kappa shape index (κ3) is 5.23. The Labute approximate surface area is 174 Å². The Morgan fingerprint density at radius 1 is 1.17 bits per heavy atom. The van der Waals surface area contributed by atoms with Gasteiger partial charge in [-0.25, -0.2) is 24.7 Å². The van der Waals surface area contributed by atoms with Gasteiger partial charge in [-0.3, -0.25) is 0 Å². The van der Waals surface area contributed by atoms with E-state index in [1.54, 1.807) is 17.8 Å². The largest absolute Gasteiger partial charge is 0.496 e. The Kier molecular flexibility index (Phi) is 6.28. The predicted molar refractivity (Wildman–Crippen MR) is 113 cm³/mol. The molecule has 164 valence electrons. The van der Waals surface area contributed by atoms with Crippen LogP contribution in [0.3, 0.4) is 0 Å². The number of alkyl halides is 3. The minimum absolute atomic E-state index is 0.0865. The molecule has 10 heteroatoms. The zero-order chi connectivity index (χ0) is 22.1. The molecule has 3 aromatic rings. The molecule has 0 aliphatic carbocycles. The summed E-state index contributed by atoms with van der Waals surface area (Å²) in [6.45, 7) is 2.51. The standard InChI is InChI=1S/C20H25F3N4O2S/c1-13-8-14(20(21,22)23)9-17(28-2)18(13)15-10-24-16-11-27(26-19(16)25-15)12-29-6-7-30(3,4)5/h8-11H,6-7,12H2,1-5H3. The van der Waals surface area contributed by atoms with Crippen molar-refractivity contribution in [2.75, 3.05) is 38.2 Å². The number of ether oxygens (including phenoxy) is 2. The van der Waals surface area contributed by atoms with Crippen LogP contribution in [-0.4, -0.2) is 58.0 Å². The summed E-state index contributed by atoms with van der Waals surface area (Å²) < 4.78 is 51.9. The molecule has 0 unspecified atom stereocenters. The van der Waals surface area contributed by atoms with E-state index in [-0.39, 0.29) is 12.5 Å². The highest BCUT2D eigenvalue weighted by molar-refractivity contribution is 8.32. The summed E-state index contributed by atoms with van der Waals surface area (Å²) in [6.07, 6.45) is 5.46. The second-order valence-electron chi connectivity index (χ2n) is 7.83. The fraction of sp³-hybridized carbons (Fsp3) is 0.450. The highest BCUT2D eigenvalue weighted by Crippen LogP contribution is 2.39. The smallest absolute Gasteiger partial charge is 0.416 e. The average molecular weight is 443 g/mol. The highest BCUT2D eigenvalue weighted by Gasteiger charge is 2.32. The van der Waals surface area contributed by atoms with Gasteiger partial charge in [0.25, 0.3) is 0 Å². The molecule has 0 bridgehead atoms. The first-order chi connectivity index (χ1) is 14.0. The molecular formula is C20H25F3N4O2S. The number of fused-ring (bicyclic) bond motifs is 1. The summed E-state index contributed by atoms with van der Waals surface area (Å²) in [5, 5.41) is 4.38. The van der Waals surface area contributed by atoms with Crippen molar-refractivity contribution in [1.82, 2.24) is 19.7 Å². The number of aromatic nitrogens is 4. The molecule has 0 saturated heterocycles. The molecule has 30 heavy (non-hydrogen) atoms. The van der Waals surface area contributed by atoms with Crippen LogP contribution in [0.1, 0.15) is 11.1 Å². The van der Waals surface area contributed by atoms with E-state index in [4.69, 9.17) is 9.47 Å². The van der Waals surface area contributed by atoms with E-state index < -0.39 is 21.8 Å². The predicted octanol–water partition coefficient (Wildman–Crippen LogP) is 4.50. The molecule has 2 heterocycles. The van der Waals surface area contributed by atoms with Gasteiger partial charge in [-0.05, 0) is 43.4 Å². The topological polar surface area (TPSA) is 62.1 Å². The van der Waals surface area contributed by atoms with Crippen molar-refractivity contribution in [3.8, 4) is 17.0 Å². The molecule has 2 aromatic heterocycles. The number of rotatable bonds is 7. The van der Waals surface area contributed by atoms with Gasteiger partial charge in [0.2, 0.25) is 5.65 Å². The molecular weight excluding hydrogens is 417 g/mol. The highest BCUT2D eigenvalue weighted by atomic mass is 32.3. The zero-order valence-corrected chi connectivity index (χ0v) is 18.4. The monoisotopic (exact) mass is 442 g/mol. The Morgan fingerprint density at radius 3 is 2.53 bits per heavy atom. The lowest BCUT2D eigenvalue weighted by Crippen LogP contribution is -2.10. The molecule has 0 saturated carbocycles. The van der Waals surface area contributed by atoms with Gasteiger partial charge in [-0.2, -0.15) is 13.2 Å².